The number of hydrogen-bond donors (Lipinski definition) is 1. The zero-order valence-electron chi connectivity index (χ0n) is 16.6. The van der Waals surface area contributed by atoms with E-state index in [0.29, 0.717) is 23.0 Å². The molecule has 0 unspecified atom stereocenters. The van der Waals surface area contributed by atoms with Gasteiger partial charge in [-0.05, 0) is 30.5 Å². The van der Waals surface area contributed by atoms with Crippen LogP contribution in [0.3, 0.4) is 0 Å². The Balaban J connectivity index is 1.71. The average molecular weight is 385 g/mol. The van der Waals surface area contributed by atoms with E-state index in [-0.39, 0.29) is 5.97 Å². The molecule has 4 heteroatoms. The van der Waals surface area contributed by atoms with Crippen molar-refractivity contribution >= 4 is 11.7 Å². The Bertz CT molecular complexity index is 1060. The van der Waals surface area contributed by atoms with Gasteiger partial charge < -0.3 is 14.8 Å². The maximum absolute atomic E-state index is 13.2. The standard InChI is InChI=1S/C25H23NO3/c1-16(2)14-15-26-20-11-7-10-19-23(20)24(27)29-25(19)17-8-3-5-12-21(17)28-22-13-6-4-9-18(22)25/h3-13,16,26H,14-15H2,1-2H3. The number of ether oxygens (including phenoxy) is 2. The Labute approximate surface area is 170 Å². The number of nitrogens with one attached hydrogen (secondary N) is 1. The highest BCUT2D eigenvalue weighted by atomic mass is 16.6. The van der Waals surface area contributed by atoms with Crippen LogP contribution in [0.5, 0.6) is 11.5 Å². The minimum absolute atomic E-state index is 0.306. The summed E-state index contributed by atoms with van der Waals surface area (Å²) in [6, 6.07) is 21.5. The Hall–Kier alpha value is -3.27. The summed E-state index contributed by atoms with van der Waals surface area (Å²) in [7, 11) is 0. The van der Waals surface area contributed by atoms with Crippen LogP contribution in [0.15, 0.2) is 66.7 Å². The molecule has 0 bridgehead atoms. The summed E-state index contributed by atoms with van der Waals surface area (Å²) in [6.07, 6.45) is 1.03. The third kappa shape index (κ3) is 2.63. The van der Waals surface area contributed by atoms with E-state index in [0.717, 1.165) is 35.3 Å². The first kappa shape index (κ1) is 17.8. The van der Waals surface area contributed by atoms with Gasteiger partial charge in [-0.3, -0.25) is 0 Å². The van der Waals surface area contributed by atoms with Crippen molar-refractivity contribution in [2.45, 2.75) is 25.9 Å². The topological polar surface area (TPSA) is 47.6 Å². The number of hydrogen-bond acceptors (Lipinski definition) is 4. The highest BCUT2D eigenvalue weighted by Crippen LogP contribution is 2.56. The van der Waals surface area contributed by atoms with E-state index in [4.69, 9.17) is 9.47 Å². The van der Waals surface area contributed by atoms with Crippen molar-refractivity contribution in [3.05, 3.63) is 89.0 Å². The lowest BCUT2D eigenvalue weighted by molar-refractivity contribution is 0.0225. The summed E-state index contributed by atoms with van der Waals surface area (Å²) < 4.78 is 12.4. The number of para-hydroxylation sites is 2. The molecule has 0 atom stereocenters. The van der Waals surface area contributed by atoms with Gasteiger partial charge in [-0.1, -0.05) is 62.4 Å². The molecular formula is C25H23NO3. The van der Waals surface area contributed by atoms with E-state index < -0.39 is 5.60 Å². The van der Waals surface area contributed by atoms with E-state index >= 15 is 0 Å². The number of anilines is 1. The number of esters is 1. The fourth-order valence-electron chi connectivity index (χ4n) is 4.31. The van der Waals surface area contributed by atoms with Gasteiger partial charge in [0.2, 0.25) is 0 Å². The smallest absolute Gasteiger partial charge is 0.342 e. The molecular weight excluding hydrogens is 362 g/mol. The van der Waals surface area contributed by atoms with Gasteiger partial charge in [-0.2, -0.15) is 0 Å². The Morgan fingerprint density at radius 1 is 0.862 bits per heavy atom. The van der Waals surface area contributed by atoms with Crippen molar-refractivity contribution in [3.63, 3.8) is 0 Å². The molecule has 29 heavy (non-hydrogen) atoms. The van der Waals surface area contributed by atoms with Crippen LogP contribution in [0.2, 0.25) is 0 Å². The highest BCUT2D eigenvalue weighted by molar-refractivity contribution is 6.02. The summed E-state index contributed by atoms with van der Waals surface area (Å²) in [4.78, 5) is 13.2. The molecule has 3 aromatic carbocycles. The molecule has 0 aliphatic carbocycles. The summed E-state index contributed by atoms with van der Waals surface area (Å²) in [6.45, 7) is 5.19. The van der Waals surface area contributed by atoms with E-state index in [9.17, 15) is 4.79 Å². The van der Waals surface area contributed by atoms with Crippen LogP contribution in [0.1, 0.15) is 47.3 Å². The largest absolute Gasteiger partial charge is 0.456 e. The molecule has 1 spiro atoms. The average Bonchev–Trinajstić information content (AvgIpc) is 3.02. The quantitative estimate of drug-likeness (QED) is 0.584. The van der Waals surface area contributed by atoms with Crippen molar-refractivity contribution in [3.8, 4) is 11.5 Å². The van der Waals surface area contributed by atoms with Gasteiger partial charge in [0, 0.05) is 28.9 Å². The molecule has 2 aliphatic heterocycles. The van der Waals surface area contributed by atoms with E-state index in [1.54, 1.807) is 0 Å². The second-order valence-corrected chi connectivity index (χ2v) is 8.00. The van der Waals surface area contributed by atoms with E-state index in [1.807, 2.05) is 66.7 Å². The zero-order valence-corrected chi connectivity index (χ0v) is 16.6. The molecule has 3 aromatic rings. The lowest BCUT2D eigenvalue weighted by Crippen LogP contribution is -2.32. The van der Waals surface area contributed by atoms with Crippen molar-refractivity contribution in [1.82, 2.24) is 0 Å². The van der Waals surface area contributed by atoms with Crippen LogP contribution in [0.25, 0.3) is 0 Å². The minimum Gasteiger partial charge on any atom is -0.456 e. The van der Waals surface area contributed by atoms with Crippen LogP contribution in [-0.2, 0) is 10.3 Å². The number of fused-ring (bicyclic) bond motifs is 6. The fourth-order valence-corrected chi connectivity index (χ4v) is 4.31. The van der Waals surface area contributed by atoms with Gasteiger partial charge in [-0.25, -0.2) is 4.79 Å². The first-order valence-corrected chi connectivity index (χ1v) is 10.1. The molecule has 0 radical (unpaired) electrons. The fraction of sp³-hybridized carbons (Fsp3) is 0.240. The van der Waals surface area contributed by atoms with Gasteiger partial charge in [-0.15, -0.1) is 0 Å². The highest BCUT2D eigenvalue weighted by Gasteiger charge is 2.54. The summed E-state index contributed by atoms with van der Waals surface area (Å²) >= 11 is 0. The summed E-state index contributed by atoms with van der Waals surface area (Å²) in [5.41, 5.74) is 3.01. The van der Waals surface area contributed by atoms with Crippen LogP contribution in [0.4, 0.5) is 5.69 Å². The van der Waals surface area contributed by atoms with Crippen molar-refractivity contribution in [2.24, 2.45) is 5.92 Å². The first-order chi connectivity index (χ1) is 14.1. The van der Waals surface area contributed by atoms with Crippen LogP contribution < -0.4 is 10.1 Å². The lowest BCUT2D eigenvalue weighted by Gasteiger charge is -2.36. The van der Waals surface area contributed by atoms with Gasteiger partial charge in [0.25, 0.3) is 0 Å². The molecule has 0 fully saturated rings. The summed E-state index contributed by atoms with van der Waals surface area (Å²) in [5.74, 6) is 1.71. The number of carbonyl (C=O) groups is 1. The Kier molecular flexibility index (Phi) is 4.09. The van der Waals surface area contributed by atoms with Crippen molar-refractivity contribution in [1.29, 1.82) is 0 Å². The molecule has 2 aliphatic rings. The van der Waals surface area contributed by atoms with Crippen LogP contribution >= 0.6 is 0 Å². The van der Waals surface area contributed by atoms with Gasteiger partial charge in [0.05, 0.1) is 5.56 Å². The van der Waals surface area contributed by atoms with Crippen molar-refractivity contribution < 1.29 is 14.3 Å². The number of benzene rings is 3. The molecule has 4 nitrogen and oxygen atoms in total. The number of rotatable bonds is 4. The van der Waals surface area contributed by atoms with Gasteiger partial charge in [0.1, 0.15) is 11.5 Å². The molecule has 0 aromatic heterocycles. The van der Waals surface area contributed by atoms with Crippen LogP contribution in [0, 0.1) is 5.92 Å². The predicted octanol–water partition coefficient (Wildman–Crippen LogP) is 5.71. The Morgan fingerprint density at radius 3 is 2.14 bits per heavy atom. The molecule has 0 saturated carbocycles. The monoisotopic (exact) mass is 385 g/mol. The normalized spacial score (nSPS) is 15.3. The number of carbonyl (C=O) groups excluding carboxylic acids is 1. The van der Waals surface area contributed by atoms with Crippen LogP contribution in [-0.4, -0.2) is 12.5 Å². The maximum Gasteiger partial charge on any atom is 0.342 e. The van der Waals surface area contributed by atoms with Gasteiger partial charge >= 0.3 is 5.97 Å². The van der Waals surface area contributed by atoms with E-state index in [1.165, 1.54) is 0 Å². The second-order valence-electron chi connectivity index (χ2n) is 8.00. The first-order valence-electron chi connectivity index (χ1n) is 10.1. The van der Waals surface area contributed by atoms with Crippen molar-refractivity contribution in [2.75, 3.05) is 11.9 Å². The molecule has 0 saturated heterocycles. The zero-order chi connectivity index (χ0) is 20.0. The SMILES string of the molecule is CC(C)CCNc1cccc2c1C(=O)OC21c2ccccc2Oc2ccccc21. The molecule has 2 heterocycles. The molecule has 5 rings (SSSR count). The third-order valence-corrected chi connectivity index (χ3v) is 5.68. The third-order valence-electron chi connectivity index (χ3n) is 5.68. The minimum atomic E-state index is -0.992. The Morgan fingerprint density at radius 2 is 1.48 bits per heavy atom. The van der Waals surface area contributed by atoms with Gasteiger partial charge in [0.15, 0.2) is 5.60 Å². The molecule has 146 valence electrons. The predicted molar refractivity (Wildman–Crippen MR) is 113 cm³/mol. The maximum atomic E-state index is 13.2. The molecule has 0 amide bonds. The second kappa shape index (κ2) is 6.66. The molecule has 1 N–H and O–H groups in total. The summed E-state index contributed by atoms with van der Waals surface area (Å²) in [5, 5.41) is 3.44. The lowest BCUT2D eigenvalue weighted by atomic mass is 9.77. The van der Waals surface area contributed by atoms with E-state index in [2.05, 4.69) is 19.2 Å².